The molecule has 0 aromatic carbocycles. The molecule has 1 fully saturated rings. The second-order valence-electron chi connectivity index (χ2n) is 12.2. The number of aromatic amines is 1. The third kappa shape index (κ3) is 7.02. The topological polar surface area (TPSA) is 116 Å². The van der Waals surface area contributed by atoms with E-state index in [1.807, 2.05) is 0 Å². The van der Waals surface area contributed by atoms with Gasteiger partial charge in [0.15, 0.2) is 22.9 Å². The van der Waals surface area contributed by atoms with E-state index < -0.39 is 52.4 Å². The highest BCUT2D eigenvalue weighted by Crippen LogP contribution is 2.43. The highest BCUT2D eigenvalue weighted by molar-refractivity contribution is 6.74. The molecule has 0 saturated carbocycles. The van der Waals surface area contributed by atoms with Gasteiger partial charge in [0, 0.05) is 12.3 Å². The summed E-state index contributed by atoms with van der Waals surface area (Å²) in [5, 5.41) is 8.99. The number of rotatable bonds is 9. The quantitative estimate of drug-likeness (QED) is 0.380. The van der Waals surface area contributed by atoms with Crippen molar-refractivity contribution in [2.75, 3.05) is 13.2 Å². The van der Waals surface area contributed by atoms with Crippen molar-refractivity contribution >= 4 is 16.6 Å². The van der Waals surface area contributed by atoms with Gasteiger partial charge in [-0.05, 0) is 36.3 Å². The third-order valence-electron chi connectivity index (χ3n) is 7.59. The van der Waals surface area contributed by atoms with Crippen molar-refractivity contribution in [1.82, 2.24) is 9.55 Å². The fourth-order valence-corrected chi connectivity index (χ4v) is 5.58. The Balaban J connectivity index is 2.50. The molecule has 0 aliphatic carbocycles. The first-order valence-corrected chi connectivity index (χ1v) is 18.0. The number of nitrogens with one attached hydrogen (secondary N) is 1. The zero-order chi connectivity index (χ0) is 26.8. The zero-order valence-electron chi connectivity index (χ0n) is 22.9. The Morgan fingerprint density at radius 3 is 2.17 bits per heavy atom. The first-order valence-electron chi connectivity index (χ1n) is 12.2. The summed E-state index contributed by atoms with van der Waals surface area (Å²) in [4.78, 5) is 26.7. The van der Waals surface area contributed by atoms with E-state index in [0.29, 0.717) is 0 Å². The van der Waals surface area contributed by atoms with Crippen LogP contribution in [0, 0.1) is 11.3 Å². The van der Waals surface area contributed by atoms with Crippen LogP contribution in [0.2, 0.25) is 36.3 Å². The van der Waals surface area contributed by atoms with Gasteiger partial charge in [-0.3, -0.25) is 14.3 Å². The number of hydrogen-bond acceptors (Lipinski definition) is 7. The molecule has 35 heavy (non-hydrogen) atoms. The fourth-order valence-electron chi connectivity index (χ4n) is 3.29. The largest absolute Gasteiger partial charge is 0.414 e. The molecule has 11 heteroatoms. The standard InChI is InChI=1S/C24H43N3O6Si2/c1-23(2,3)34(7,8)31-16-17-19(30-15-11-13-25)20(33-35(9,10)24(4,5)6)21(32-17)27-14-12-18(28)26-22(27)29/h12,14,17,19-21H,11,15-16H2,1-10H3,(H,26,28,29)/t17-,19-,20-,21-/m1/s1. The number of H-pyrrole nitrogens is 1. The summed E-state index contributed by atoms with van der Waals surface area (Å²) < 4.78 is 27.2. The Kier molecular flexibility index (Phi) is 9.17. The molecule has 2 rings (SSSR count). The van der Waals surface area contributed by atoms with Gasteiger partial charge in [0.2, 0.25) is 0 Å². The summed E-state index contributed by atoms with van der Waals surface area (Å²) in [5.41, 5.74) is -1.06. The summed E-state index contributed by atoms with van der Waals surface area (Å²) in [6.45, 7) is 22.0. The zero-order valence-corrected chi connectivity index (χ0v) is 24.9. The Bertz CT molecular complexity index is 1020. The van der Waals surface area contributed by atoms with Crippen molar-refractivity contribution in [3.63, 3.8) is 0 Å². The molecule has 1 aliphatic rings. The highest BCUT2D eigenvalue weighted by Gasteiger charge is 2.52. The van der Waals surface area contributed by atoms with E-state index in [1.165, 1.54) is 16.8 Å². The van der Waals surface area contributed by atoms with Crippen LogP contribution in [-0.2, 0) is 18.3 Å². The van der Waals surface area contributed by atoms with Gasteiger partial charge < -0.3 is 18.3 Å². The van der Waals surface area contributed by atoms with Crippen molar-refractivity contribution in [2.24, 2.45) is 0 Å². The van der Waals surface area contributed by atoms with E-state index in [1.54, 1.807) is 0 Å². The fraction of sp³-hybridized carbons (Fsp3) is 0.792. The smallest absolute Gasteiger partial charge is 0.330 e. The molecule has 1 aromatic heterocycles. The van der Waals surface area contributed by atoms with Crippen molar-refractivity contribution in [3.8, 4) is 6.07 Å². The van der Waals surface area contributed by atoms with Crippen LogP contribution in [0.3, 0.4) is 0 Å². The van der Waals surface area contributed by atoms with Crippen LogP contribution in [0.25, 0.3) is 0 Å². The Hall–Kier alpha value is -1.56. The predicted molar refractivity (Wildman–Crippen MR) is 140 cm³/mol. The number of hydrogen-bond donors (Lipinski definition) is 1. The van der Waals surface area contributed by atoms with Crippen LogP contribution < -0.4 is 11.2 Å². The predicted octanol–water partition coefficient (Wildman–Crippen LogP) is 4.15. The number of nitrogens with zero attached hydrogens (tertiary/aromatic N) is 2. The first kappa shape index (κ1) is 29.7. The molecule has 1 N–H and O–H groups in total. The van der Waals surface area contributed by atoms with Crippen LogP contribution in [-0.4, -0.2) is 57.7 Å². The maximum absolute atomic E-state index is 12.7. The summed E-state index contributed by atoms with van der Waals surface area (Å²) >= 11 is 0. The van der Waals surface area contributed by atoms with Crippen molar-refractivity contribution < 1.29 is 18.3 Å². The lowest BCUT2D eigenvalue weighted by Gasteiger charge is -2.41. The molecule has 198 valence electrons. The monoisotopic (exact) mass is 525 g/mol. The molecule has 0 amide bonds. The van der Waals surface area contributed by atoms with Gasteiger partial charge in [-0.1, -0.05) is 41.5 Å². The summed E-state index contributed by atoms with van der Waals surface area (Å²) in [5.74, 6) is 0. The van der Waals surface area contributed by atoms with E-state index in [-0.39, 0.29) is 29.7 Å². The minimum Gasteiger partial charge on any atom is -0.414 e. The molecule has 0 unspecified atom stereocenters. The van der Waals surface area contributed by atoms with Gasteiger partial charge in [0.05, 0.1) is 25.7 Å². The Labute approximate surface area is 211 Å². The van der Waals surface area contributed by atoms with E-state index in [9.17, 15) is 9.59 Å². The van der Waals surface area contributed by atoms with Gasteiger partial charge in [-0.15, -0.1) is 0 Å². The maximum Gasteiger partial charge on any atom is 0.330 e. The first-order chi connectivity index (χ1) is 15.9. The van der Waals surface area contributed by atoms with Gasteiger partial charge in [-0.25, -0.2) is 4.79 Å². The second-order valence-corrected chi connectivity index (χ2v) is 21.8. The normalized spacial score (nSPS) is 23.9. The second kappa shape index (κ2) is 10.8. The van der Waals surface area contributed by atoms with Crippen molar-refractivity contribution in [2.45, 2.75) is 109 Å². The lowest BCUT2D eigenvalue weighted by molar-refractivity contribution is -0.0590. The third-order valence-corrected chi connectivity index (χ3v) is 16.6. The van der Waals surface area contributed by atoms with E-state index >= 15 is 0 Å². The minimum atomic E-state index is -2.33. The lowest BCUT2D eigenvalue weighted by Crippen LogP contribution is -2.51. The average Bonchev–Trinajstić information content (AvgIpc) is 3.01. The molecule has 1 aliphatic heterocycles. The van der Waals surface area contributed by atoms with E-state index in [0.717, 1.165) is 0 Å². The van der Waals surface area contributed by atoms with Gasteiger partial charge in [0.1, 0.15) is 18.3 Å². The van der Waals surface area contributed by atoms with E-state index in [2.05, 4.69) is 78.8 Å². The number of ether oxygens (including phenoxy) is 2. The average molecular weight is 526 g/mol. The number of nitriles is 1. The van der Waals surface area contributed by atoms with Crippen LogP contribution >= 0.6 is 0 Å². The molecule has 1 saturated heterocycles. The van der Waals surface area contributed by atoms with Crippen molar-refractivity contribution in [1.29, 1.82) is 5.26 Å². The molecule has 4 atom stereocenters. The number of aromatic nitrogens is 2. The maximum atomic E-state index is 12.7. The van der Waals surface area contributed by atoms with E-state index in [4.69, 9.17) is 23.6 Å². The summed E-state index contributed by atoms with van der Waals surface area (Å²) in [7, 11) is -4.42. The minimum absolute atomic E-state index is 0.00899. The Morgan fingerprint density at radius 1 is 1.06 bits per heavy atom. The van der Waals surface area contributed by atoms with Gasteiger partial charge >= 0.3 is 5.69 Å². The lowest BCUT2D eigenvalue weighted by atomic mass is 10.1. The Morgan fingerprint density at radius 2 is 1.66 bits per heavy atom. The van der Waals surface area contributed by atoms with Gasteiger partial charge in [0.25, 0.3) is 5.56 Å². The van der Waals surface area contributed by atoms with Crippen LogP contribution in [0.4, 0.5) is 0 Å². The summed E-state index contributed by atoms with van der Waals surface area (Å²) in [6, 6.07) is 3.40. The van der Waals surface area contributed by atoms with Crippen LogP contribution in [0.5, 0.6) is 0 Å². The molecule has 1 aromatic rings. The molecule has 0 radical (unpaired) electrons. The van der Waals surface area contributed by atoms with Crippen LogP contribution in [0.15, 0.2) is 21.9 Å². The molecule has 0 spiro atoms. The van der Waals surface area contributed by atoms with Gasteiger partial charge in [-0.2, -0.15) is 5.26 Å². The van der Waals surface area contributed by atoms with Crippen molar-refractivity contribution in [3.05, 3.63) is 33.1 Å². The molecular weight excluding hydrogens is 482 g/mol. The van der Waals surface area contributed by atoms with Crippen LogP contribution in [0.1, 0.15) is 54.2 Å². The summed E-state index contributed by atoms with van der Waals surface area (Å²) in [6.07, 6.45) is -0.841. The molecule has 2 heterocycles. The SMILES string of the molecule is CC(C)(C)[Si](C)(C)OC[C@H]1O[C@@H](n2ccc(=O)[nH]c2=O)[C@H](O[Si](C)(C)C(C)(C)C)[C@@H]1OCCC#N. The highest BCUT2D eigenvalue weighted by atomic mass is 28.4. The molecule has 9 nitrogen and oxygen atoms in total. The molecular formula is C24H43N3O6Si2. The molecule has 0 bridgehead atoms.